The van der Waals surface area contributed by atoms with Gasteiger partial charge in [0.25, 0.3) is 0 Å². The normalized spacial score (nSPS) is 27.6. The van der Waals surface area contributed by atoms with Gasteiger partial charge in [-0.15, -0.1) is 11.6 Å². The summed E-state index contributed by atoms with van der Waals surface area (Å²) in [5.74, 6) is -0.0225. The van der Waals surface area contributed by atoms with Gasteiger partial charge in [-0.2, -0.15) is 0 Å². The number of hydrogen-bond donors (Lipinski definition) is 2. The zero-order valence-electron chi connectivity index (χ0n) is 13.2. The van der Waals surface area contributed by atoms with Crippen molar-refractivity contribution in [2.24, 2.45) is 9.98 Å². The molecule has 3 atom stereocenters. The molecule has 3 aliphatic rings. The maximum absolute atomic E-state index is 14.0. The lowest BCUT2D eigenvalue weighted by atomic mass is 10.0. The van der Waals surface area contributed by atoms with Crippen LogP contribution in [0.4, 0.5) is 10.2 Å². The standard InChI is InChI=1S/C16H16ClFN6O/c17-8-3-10-11(6-21-14(10)19-4-8)15-22-7-12(18)16(24-15)20-5-9-1-2-13(25)23-9/h4,6-9,14H,1-3,5H2,(H,23,25)(H,20,22,24). The number of amides is 1. The molecule has 7 nitrogen and oxygen atoms in total. The Morgan fingerprint density at radius 3 is 3.08 bits per heavy atom. The highest BCUT2D eigenvalue weighted by Crippen LogP contribution is 2.32. The maximum atomic E-state index is 14.0. The molecule has 4 rings (SSSR count). The fourth-order valence-corrected chi connectivity index (χ4v) is 3.34. The molecule has 0 aliphatic carbocycles. The number of aliphatic imine (C=N–C) groups is 2. The molecule has 0 spiro atoms. The second-order valence-electron chi connectivity index (χ2n) is 6.18. The van der Waals surface area contributed by atoms with Crippen LogP contribution in [-0.4, -0.2) is 52.4 Å². The number of nitrogens with one attached hydrogen (secondary N) is 2. The number of rotatable bonds is 4. The van der Waals surface area contributed by atoms with E-state index in [0.717, 1.165) is 23.8 Å². The molecular formula is C16H16ClFN6O. The highest BCUT2D eigenvalue weighted by Gasteiger charge is 2.29. The molecule has 0 bridgehead atoms. The summed E-state index contributed by atoms with van der Waals surface area (Å²) in [4.78, 5) is 28.2. The van der Waals surface area contributed by atoms with E-state index in [1.54, 1.807) is 12.4 Å². The van der Waals surface area contributed by atoms with E-state index in [9.17, 15) is 9.18 Å². The minimum absolute atomic E-state index is 0.0179. The molecule has 1 fully saturated rings. The van der Waals surface area contributed by atoms with Gasteiger partial charge in [0, 0.05) is 37.0 Å². The van der Waals surface area contributed by atoms with Gasteiger partial charge in [-0.25, -0.2) is 14.4 Å². The Bertz CT molecular complexity index is 808. The Balaban J connectivity index is 1.55. The first-order valence-corrected chi connectivity index (χ1v) is 8.53. The number of allylic oxidation sites excluding steroid dienone is 1. The van der Waals surface area contributed by atoms with E-state index in [4.69, 9.17) is 11.6 Å². The van der Waals surface area contributed by atoms with E-state index in [1.165, 1.54) is 0 Å². The minimum Gasteiger partial charge on any atom is -0.365 e. The van der Waals surface area contributed by atoms with E-state index < -0.39 is 5.82 Å². The van der Waals surface area contributed by atoms with Crippen molar-refractivity contribution >= 4 is 41.3 Å². The van der Waals surface area contributed by atoms with Crippen LogP contribution in [0.3, 0.4) is 0 Å². The van der Waals surface area contributed by atoms with Crippen LogP contribution < -0.4 is 10.6 Å². The Labute approximate surface area is 148 Å². The van der Waals surface area contributed by atoms with Crippen LogP contribution >= 0.6 is 11.6 Å². The van der Waals surface area contributed by atoms with Crippen molar-refractivity contribution in [2.45, 2.75) is 36.8 Å². The lowest BCUT2D eigenvalue weighted by Gasteiger charge is -2.17. The number of carbonyl (C=O) groups is 1. The number of nitrogens with zero attached hydrogens (tertiary/aromatic N) is 4. The van der Waals surface area contributed by atoms with Crippen molar-refractivity contribution in [3.63, 3.8) is 0 Å². The quantitative estimate of drug-likeness (QED) is 0.795. The van der Waals surface area contributed by atoms with E-state index in [-0.39, 0.29) is 29.3 Å². The molecule has 2 N–H and O–H groups in total. The van der Waals surface area contributed by atoms with Crippen LogP contribution in [0.1, 0.15) is 25.1 Å². The first kappa shape index (κ1) is 16.1. The molecule has 0 radical (unpaired) electrons. The highest BCUT2D eigenvalue weighted by atomic mass is 35.5. The monoisotopic (exact) mass is 362 g/mol. The number of halogens is 2. The van der Waals surface area contributed by atoms with Crippen molar-refractivity contribution in [1.82, 2.24) is 15.3 Å². The summed E-state index contributed by atoms with van der Waals surface area (Å²) in [7, 11) is 0. The van der Waals surface area contributed by atoms with E-state index in [0.29, 0.717) is 25.2 Å². The summed E-state index contributed by atoms with van der Waals surface area (Å²) in [6.07, 6.45) is 6.05. The molecule has 3 unspecified atom stereocenters. The predicted molar refractivity (Wildman–Crippen MR) is 93.6 cm³/mol. The average molecular weight is 363 g/mol. The molecule has 1 aromatic rings. The number of anilines is 1. The van der Waals surface area contributed by atoms with Gasteiger partial charge in [0.05, 0.1) is 11.6 Å². The van der Waals surface area contributed by atoms with Crippen LogP contribution in [0.2, 0.25) is 0 Å². The second-order valence-corrected chi connectivity index (χ2v) is 6.74. The molecule has 130 valence electrons. The van der Waals surface area contributed by atoms with Crippen LogP contribution in [0, 0.1) is 5.82 Å². The SMILES string of the molecule is O=C1CCC(CNc2nc(C3=C4CC(Cl)C=NC4N=C3)ncc2F)N1. The fourth-order valence-electron chi connectivity index (χ4n) is 3.11. The summed E-state index contributed by atoms with van der Waals surface area (Å²) < 4.78 is 14.0. The summed E-state index contributed by atoms with van der Waals surface area (Å²) >= 11 is 6.14. The third kappa shape index (κ3) is 3.26. The van der Waals surface area contributed by atoms with Crippen molar-refractivity contribution in [3.05, 3.63) is 23.4 Å². The Kier molecular flexibility index (Phi) is 4.20. The summed E-state index contributed by atoms with van der Waals surface area (Å²) in [5, 5.41) is 5.60. The molecule has 3 aliphatic heterocycles. The Morgan fingerprint density at radius 2 is 2.28 bits per heavy atom. The van der Waals surface area contributed by atoms with Crippen LogP contribution in [0.5, 0.6) is 0 Å². The van der Waals surface area contributed by atoms with E-state index in [2.05, 4.69) is 30.6 Å². The van der Waals surface area contributed by atoms with Gasteiger partial charge >= 0.3 is 0 Å². The zero-order chi connectivity index (χ0) is 17.4. The Morgan fingerprint density at radius 1 is 1.40 bits per heavy atom. The molecule has 0 saturated carbocycles. The fraction of sp³-hybridized carbons (Fsp3) is 0.438. The third-order valence-electron chi connectivity index (χ3n) is 4.39. The lowest BCUT2D eigenvalue weighted by Crippen LogP contribution is -2.32. The average Bonchev–Trinajstić information content (AvgIpc) is 3.20. The third-order valence-corrected chi connectivity index (χ3v) is 4.66. The largest absolute Gasteiger partial charge is 0.365 e. The van der Waals surface area contributed by atoms with Crippen LogP contribution in [0.15, 0.2) is 21.8 Å². The summed E-state index contributed by atoms with van der Waals surface area (Å²) in [6, 6.07) is -0.0190. The van der Waals surface area contributed by atoms with E-state index >= 15 is 0 Å². The first-order chi connectivity index (χ1) is 12.1. The lowest BCUT2D eigenvalue weighted by molar-refractivity contribution is -0.119. The van der Waals surface area contributed by atoms with Crippen LogP contribution in [-0.2, 0) is 4.79 Å². The number of hydrogen-bond acceptors (Lipinski definition) is 6. The van der Waals surface area contributed by atoms with Gasteiger partial charge in [0.1, 0.15) is 0 Å². The summed E-state index contributed by atoms with van der Waals surface area (Å²) in [6.45, 7) is 0.412. The number of carbonyl (C=O) groups excluding carboxylic acids is 1. The number of aromatic nitrogens is 2. The minimum atomic E-state index is -0.540. The highest BCUT2D eigenvalue weighted by molar-refractivity contribution is 6.29. The smallest absolute Gasteiger partial charge is 0.220 e. The topological polar surface area (TPSA) is 91.6 Å². The molecule has 1 saturated heterocycles. The van der Waals surface area contributed by atoms with Crippen molar-refractivity contribution < 1.29 is 9.18 Å². The van der Waals surface area contributed by atoms with Crippen LogP contribution in [0.25, 0.3) is 5.57 Å². The molecule has 1 amide bonds. The summed E-state index contributed by atoms with van der Waals surface area (Å²) in [5.41, 5.74) is 1.69. The van der Waals surface area contributed by atoms with E-state index in [1.807, 2.05) is 0 Å². The molecule has 0 aromatic carbocycles. The van der Waals surface area contributed by atoms with Crippen molar-refractivity contribution in [2.75, 3.05) is 11.9 Å². The van der Waals surface area contributed by atoms with Gasteiger partial charge in [0.15, 0.2) is 23.6 Å². The maximum Gasteiger partial charge on any atom is 0.220 e. The molecule has 1 aromatic heterocycles. The van der Waals surface area contributed by atoms with Gasteiger partial charge in [-0.1, -0.05) is 0 Å². The molecule has 25 heavy (non-hydrogen) atoms. The second kappa shape index (κ2) is 6.51. The van der Waals surface area contributed by atoms with Gasteiger partial charge in [0.2, 0.25) is 5.91 Å². The zero-order valence-corrected chi connectivity index (χ0v) is 14.0. The van der Waals surface area contributed by atoms with Gasteiger partial charge in [-0.05, 0) is 18.4 Å². The number of fused-ring (bicyclic) bond motifs is 1. The molecular weight excluding hydrogens is 347 g/mol. The van der Waals surface area contributed by atoms with Gasteiger partial charge in [-0.3, -0.25) is 14.8 Å². The predicted octanol–water partition coefficient (Wildman–Crippen LogP) is 1.55. The van der Waals surface area contributed by atoms with Gasteiger partial charge < -0.3 is 10.6 Å². The molecule has 9 heteroatoms. The molecule has 4 heterocycles. The van der Waals surface area contributed by atoms with Crippen molar-refractivity contribution in [1.29, 1.82) is 0 Å². The first-order valence-electron chi connectivity index (χ1n) is 8.10. The van der Waals surface area contributed by atoms with Crippen molar-refractivity contribution in [3.8, 4) is 0 Å². The Hall–Kier alpha value is -2.35. The number of alkyl halides is 1.